The molecule has 0 rings (SSSR count). The Morgan fingerprint density at radius 2 is 1.95 bits per heavy atom. The van der Waals surface area contributed by atoms with E-state index in [1.54, 1.807) is 26.8 Å². The molecule has 108 valence electrons. The summed E-state index contributed by atoms with van der Waals surface area (Å²) in [6.45, 7) is 6.41. The van der Waals surface area contributed by atoms with E-state index in [0.29, 0.717) is 12.8 Å². The number of allylic oxidation sites excluding steroid dienone is 1. The van der Waals surface area contributed by atoms with Crippen molar-refractivity contribution in [2.75, 3.05) is 0 Å². The number of aliphatic carboxylic acids is 1. The molecule has 0 aromatic heterocycles. The van der Waals surface area contributed by atoms with Crippen molar-refractivity contribution in [1.82, 2.24) is 5.32 Å². The minimum absolute atomic E-state index is 0. The third-order valence-electron chi connectivity index (χ3n) is 2.08. The van der Waals surface area contributed by atoms with Crippen LogP contribution >= 0.6 is 0 Å². The molecule has 0 aromatic rings. The number of carbonyl (C=O) groups excluding carboxylic acids is 1. The summed E-state index contributed by atoms with van der Waals surface area (Å²) in [5.74, 6) is -1.20. The quantitative estimate of drug-likeness (QED) is 0.399. The van der Waals surface area contributed by atoms with Crippen molar-refractivity contribution in [2.45, 2.75) is 51.7 Å². The first-order valence-corrected chi connectivity index (χ1v) is 5.90. The fourth-order valence-corrected chi connectivity index (χ4v) is 1.15. The van der Waals surface area contributed by atoms with Crippen LogP contribution in [0.2, 0.25) is 0 Å². The zero-order chi connectivity index (χ0) is 15.1. The molecule has 0 saturated carbocycles. The van der Waals surface area contributed by atoms with Gasteiger partial charge in [-0.1, -0.05) is 12.2 Å². The van der Waals surface area contributed by atoms with Gasteiger partial charge in [0.05, 0.1) is 6.07 Å². The van der Waals surface area contributed by atoms with E-state index < -0.39 is 23.2 Å². The standard InChI is InChI=1S/C13H20N2O4.K.H/c1-12(2,3)19-11(18)15-13(4,10(16)17)8-6-5-7-9-14;;/h6,8H,5,7H2,1-4H3,(H,15,18)(H,16,17);;/q;+1;-1/b8-6-;;. The van der Waals surface area contributed by atoms with E-state index >= 15 is 0 Å². The molecule has 0 aromatic carbocycles. The van der Waals surface area contributed by atoms with Crippen molar-refractivity contribution < 1.29 is 72.2 Å². The maximum atomic E-state index is 11.6. The van der Waals surface area contributed by atoms with E-state index in [-0.39, 0.29) is 52.8 Å². The van der Waals surface area contributed by atoms with Gasteiger partial charge in [-0.15, -0.1) is 0 Å². The van der Waals surface area contributed by atoms with Crippen LogP contribution < -0.4 is 56.7 Å². The normalized spacial score (nSPS) is 13.8. The van der Waals surface area contributed by atoms with Gasteiger partial charge < -0.3 is 16.6 Å². The number of ether oxygens (including phenoxy) is 1. The van der Waals surface area contributed by atoms with Gasteiger partial charge in [0.1, 0.15) is 5.60 Å². The van der Waals surface area contributed by atoms with Crippen LogP contribution in [0, 0.1) is 11.3 Å². The molecule has 0 fully saturated rings. The van der Waals surface area contributed by atoms with E-state index in [9.17, 15) is 9.59 Å². The Balaban J connectivity index is -0.00000162. The second-order valence-electron chi connectivity index (χ2n) is 5.23. The third-order valence-corrected chi connectivity index (χ3v) is 2.08. The molecule has 1 unspecified atom stereocenters. The molecule has 0 heterocycles. The molecular weight excluding hydrogens is 287 g/mol. The van der Waals surface area contributed by atoms with E-state index in [2.05, 4.69) is 5.32 Å². The number of rotatable bonds is 5. The molecule has 0 aliphatic heterocycles. The average molecular weight is 308 g/mol. The van der Waals surface area contributed by atoms with Crippen LogP contribution in [0.3, 0.4) is 0 Å². The molecule has 0 bridgehead atoms. The number of nitrogens with zero attached hydrogens (tertiary/aromatic N) is 1. The smallest absolute Gasteiger partial charge is 1.00 e. The Kier molecular flexibility index (Phi) is 10.4. The van der Waals surface area contributed by atoms with Crippen LogP contribution in [0.15, 0.2) is 12.2 Å². The van der Waals surface area contributed by atoms with Gasteiger partial charge in [-0.05, 0) is 34.1 Å². The minimum Gasteiger partial charge on any atom is -1.00 e. The van der Waals surface area contributed by atoms with Gasteiger partial charge in [0.15, 0.2) is 5.54 Å². The number of nitriles is 1. The third kappa shape index (κ3) is 9.50. The molecule has 6 nitrogen and oxygen atoms in total. The Labute approximate surface area is 163 Å². The van der Waals surface area contributed by atoms with E-state index in [0.717, 1.165) is 0 Å². The summed E-state index contributed by atoms with van der Waals surface area (Å²) in [7, 11) is 0. The number of nitrogens with one attached hydrogen (secondary N) is 1. The van der Waals surface area contributed by atoms with Crippen LogP contribution in [-0.2, 0) is 9.53 Å². The first kappa shape index (κ1) is 21.9. The number of alkyl carbamates (subject to hydrolysis) is 1. The number of unbranched alkanes of at least 4 members (excludes halogenated alkanes) is 1. The molecule has 7 heteroatoms. The Hall–Kier alpha value is -0.394. The zero-order valence-corrected chi connectivity index (χ0v) is 15.8. The largest absolute Gasteiger partial charge is 1.00 e. The molecule has 0 aliphatic carbocycles. The van der Waals surface area contributed by atoms with Gasteiger partial charge in [0.25, 0.3) is 0 Å². The summed E-state index contributed by atoms with van der Waals surface area (Å²) in [4.78, 5) is 22.8. The summed E-state index contributed by atoms with van der Waals surface area (Å²) < 4.78 is 5.01. The van der Waals surface area contributed by atoms with Crippen LogP contribution in [0.4, 0.5) is 4.79 Å². The summed E-state index contributed by atoms with van der Waals surface area (Å²) in [5, 5.41) is 19.8. The summed E-state index contributed by atoms with van der Waals surface area (Å²) in [6.07, 6.45) is 2.81. The van der Waals surface area contributed by atoms with E-state index in [1.807, 2.05) is 6.07 Å². The molecule has 1 atom stereocenters. The number of hydrogen-bond donors (Lipinski definition) is 2. The van der Waals surface area contributed by atoms with Gasteiger partial charge in [-0.3, -0.25) is 0 Å². The molecular formula is C13H21KN2O4. The monoisotopic (exact) mass is 308 g/mol. The summed E-state index contributed by atoms with van der Waals surface area (Å²) in [5.41, 5.74) is -2.26. The van der Waals surface area contributed by atoms with Crippen molar-refractivity contribution in [3.8, 4) is 6.07 Å². The van der Waals surface area contributed by atoms with Crippen LogP contribution in [0.1, 0.15) is 42.0 Å². The van der Waals surface area contributed by atoms with Crippen LogP contribution in [0.25, 0.3) is 0 Å². The van der Waals surface area contributed by atoms with Crippen molar-refractivity contribution in [3.63, 3.8) is 0 Å². The maximum absolute atomic E-state index is 11.6. The fraction of sp³-hybridized carbons (Fsp3) is 0.615. The second kappa shape index (κ2) is 9.53. The minimum atomic E-state index is -1.56. The van der Waals surface area contributed by atoms with Gasteiger partial charge in [0.2, 0.25) is 0 Å². The first-order valence-electron chi connectivity index (χ1n) is 5.90. The predicted molar refractivity (Wildman–Crippen MR) is 70.5 cm³/mol. The number of hydrogen-bond acceptors (Lipinski definition) is 4. The van der Waals surface area contributed by atoms with Crippen molar-refractivity contribution in [1.29, 1.82) is 5.26 Å². The van der Waals surface area contributed by atoms with Gasteiger partial charge >= 0.3 is 63.4 Å². The molecule has 20 heavy (non-hydrogen) atoms. The molecule has 0 saturated heterocycles. The van der Waals surface area contributed by atoms with Crippen molar-refractivity contribution in [2.24, 2.45) is 0 Å². The van der Waals surface area contributed by atoms with Gasteiger partial charge in [-0.25, -0.2) is 9.59 Å². The molecule has 1 amide bonds. The zero-order valence-electron chi connectivity index (χ0n) is 13.7. The number of carbonyl (C=O) groups is 2. The van der Waals surface area contributed by atoms with Gasteiger partial charge in [-0.2, -0.15) is 5.26 Å². The predicted octanol–water partition coefficient (Wildman–Crippen LogP) is -0.669. The maximum Gasteiger partial charge on any atom is 1.00 e. The van der Waals surface area contributed by atoms with Crippen LogP contribution in [0.5, 0.6) is 0 Å². The van der Waals surface area contributed by atoms with Crippen molar-refractivity contribution >= 4 is 12.1 Å². The second-order valence-corrected chi connectivity index (χ2v) is 5.23. The molecule has 2 N–H and O–H groups in total. The van der Waals surface area contributed by atoms with E-state index in [1.165, 1.54) is 13.0 Å². The van der Waals surface area contributed by atoms with Crippen molar-refractivity contribution in [3.05, 3.63) is 12.2 Å². The number of carboxylic acids is 1. The molecule has 0 radical (unpaired) electrons. The topological polar surface area (TPSA) is 99.4 Å². The average Bonchev–Trinajstić information content (AvgIpc) is 2.21. The Morgan fingerprint density at radius 1 is 1.40 bits per heavy atom. The summed E-state index contributed by atoms with van der Waals surface area (Å²) in [6, 6.07) is 1.94. The first-order chi connectivity index (χ1) is 8.60. The molecule has 0 spiro atoms. The molecule has 0 aliphatic rings. The Morgan fingerprint density at radius 3 is 2.35 bits per heavy atom. The number of amides is 1. The number of carboxylic acid groups (broad SMARTS) is 1. The van der Waals surface area contributed by atoms with E-state index in [4.69, 9.17) is 15.1 Å². The summed E-state index contributed by atoms with van der Waals surface area (Å²) >= 11 is 0. The Bertz CT molecular complexity index is 415. The van der Waals surface area contributed by atoms with Gasteiger partial charge in [0, 0.05) is 6.42 Å². The van der Waals surface area contributed by atoms with Crippen LogP contribution in [-0.4, -0.2) is 28.3 Å². The fourth-order valence-electron chi connectivity index (χ4n) is 1.15. The SMILES string of the molecule is CC(C)(C)OC(=O)NC(C)(/C=C\CCC#N)C(=O)O.[H-].[K+].